The van der Waals surface area contributed by atoms with Crippen molar-refractivity contribution in [1.29, 1.82) is 0 Å². The molecule has 0 saturated carbocycles. The Morgan fingerprint density at radius 2 is 1.48 bits per heavy atom. The van der Waals surface area contributed by atoms with Crippen molar-refractivity contribution in [2.24, 2.45) is 0 Å². The van der Waals surface area contributed by atoms with E-state index in [9.17, 15) is 18.0 Å². The zero-order chi connectivity index (χ0) is 30.1. The van der Waals surface area contributed by atoms with E-state index in [1.54, 1.807) is 66.7 Å². The summed E-state index contributed by atoms with van der Waals surface area (Å²) in [4.78, 5) is 29.0. The number of nitrogens with zero attached hydrogens (tertiary/aromatic N) is 2. The number of hydrogen-bond donors (Lipinski definition) is 1. The van der Waals surface area contributed by atoms with E-state index < -0.39 is 28.5 Å². The van der Waals surface area contributed by atoms with Gasteiger partial charge in [0.25, 0.3) is 10.0 Å². The van der Waals surface area contributed by atoms with Gasteiger partial charge in [0.15, 0.2) is 0 Å². The molecule has 1 atom stereocenters. The molecule has 42 heavy (non-hydrogen) atoms. The average Bonchev–Trinajstić information content (AvgIpc) is 3.02. The number of ether oxygens (including phenoxy) is 1. The Balaban J connectivity index is 1.81. The molecule has 10 heteroatoms. The lowest BCUT2D eigenvalue weighted by Crippen LogP contribution is -2.53. The SMILES string of the molecule is CNC(=O)[C@H](Cc1ccccc1)N(Cc1cccc(Cl)c1)C(=O)CN(c1ccccc1OC)S(=O)(=O)c1ccccc1. The number of carbonyl (C=O) groups excluding carboxylic acids is 2. The summed E-state index contributed by atoms with van der Waals surface area (Å²) in [5.74, 6) is -0.688. The molecule has 8 nitrogen and oxygen atoms in total. The molecule has 0 unspecified atom stereocenters. The van der Waals surface area contributed by atoms with Gasteiger partial charge in [0.05, 0.1) is 17.7 Å². The van der Waals surface area contributed by atoms with Crippen LogP contribution in [0.3, 0.4) is 0 Å². The van der Waals surface area contributed by atoms with Crippen LogP contribution >= 0.6 is 11.6 Å². The fraction of sp³-hybridized carbons (Fsp3) is 0.188. The lowest BCUT2D eigenvalue weighted by atomic mass is 10.0. The fourth-order valence-corrected chi connectivity index (χ4v) is 6.28. The minimum Gasteiger partial charge on any atom is -0.495 e. The van der Waals surface area contributed by atoms with Crippen LogP contribution < -0.4 is 14.4 Å². The number of halogens is 1. The van der Waals surface area contributed by atoms with Crippen molar-refractivity contribution in [1.82, 2.24) is 10.2 Å². The Hall–Kier alpha value is -4.34. The number of hydrogen-bond acceptors (Lipinski definition) is 5. The molecule has 2 amide bonds. The van der Waals surface area contributed by atoms with E-state index >= 15 is 0 Å². The van der Waals surface area contributed by atoms with Crippen LogP contribution in [-0.2, 0) is 32.6 Å². The molecule has 0 radical (unpaired) electrons. The monoisotopic (exact) mass is 605 g/mol. The zero-order valence-electron chi connectivity index (χ0n) is 23.3. The first-order valence-electron chi connectivity index (χ1n) is 13.2. The molecule has 4 rings (SSSR count). The van der Waals surface area contributed by atoms with Gasteiger partial charge in [0, 0.05) is 25.0 Å². The third-order valence-electron chi connectivity index (χ3n) is 6.72. The Kier molecular flexibility index (Phi) is 10.2. The lowest BCUT2D eigenvalue weighted by molar-refractivity contribution is -0.139. The van der Waals surface area contributed by atoms with E-state index in [4.69, 9.17) is 16.3 Å². The topological polar surface area (TPSA) is 96.0 Å². The molecule has 0 aliphatic rings. The van der Waals surface area contributed by atoms with E-state index in [-0.39, 0.29) is 35.2 Å². The summed E-state index contributed by atoms with van der Waals surface area (Å²) >= 11 is 6.25. The van der Waals surface area contributed by atoms with Gasteiger partial charge in [-0.1, -0.05) is 84.4 Å². The quantitative estimate of drug-likeness (QED) is 0.247. The average molecular weight is 606 g/mol. The van der Waals surface area contributed by atoms with Gasteiger partial charge < -0.3 is 15.0 Å². The van der Waals surface area contributed by atoms with Gasteiger partial charge in [-0.05, 0) is 47.5 Å². The van der Waals surface area contributed by atoms with Gasteiger partial charge >= 0.3 is 0 Å². The zero-order valence-corrected chi connectivity index (χ0v) is 24.9. The van der Waals surface area contributed by atoms with Crippen LogP contribution in [0.5, 0.6) is 5.75 Å². The first-order valence-corrected chi connectivity index (χ1v) is 15.1. The van der Waals surface area contributed by atoms with Gasteiger partial charge in [0.2, 0.25) is 11.8 Å². The van der Waals surface area contributed by atoms with Gasteiger partial charge in [-0.3, -0.25) is 13.9 Å². The molecule has 0 bridgehead atoms. The standard InChI is InChI=1S/C32H32ClN3O5S/c1-34-32(38)29(21-24-12-5-3-6-13-24)35(22-25-14-11-15-26(33)20-25)31(37)23-36(28-18-9-10-19-30(28)41-2)42(39,40)27-16-7-4-8-17-27/h3-20,29H,21-23H2,1-2H3,(H,34,38)/t29-/m0/s1. The Bertz CT molecular complexity index is 1620. The minimum absolute atomic E-state index is 0.0113. The van der Waals surface area contributed by atoms with Crippen LogP contribution in [0.2, 0.25) is 5.02 Å². The Labute approximate surface area is 251 Å². The summed E-state index contributed by atoms with van der Waals surface area (Å²) < 4.78 is 34.5. The Morgan fingerprint density at radius 1 is 0.857 bits per heavy atom. The second-order valence-electron chi connectivity index (χ2n) is 9.47. The summed E-state index contributed by atoms with van der Waals surface area (Å²) in [5, 5.41) is 3.14. The highest BCUT2D eigenvalue weighted by molar-refractivity contribution is 7.92. The maximum Gasteiger partial charge on any atom is 0.264 e. The molecule has 218 valence electrons. The predicted octanol–water partition coefficient (Wildman–Crippen LogP) is 4.93. The molecule has 4 aromatic rings. The fourth-order valence-electron chi connectivity index (χ4n) is 4.62. The van der Waals surface area contributed by atoms with E-state index in [1.165, 1.54) is 31.2 Å². The van der Waals surface area contributed by atoms with Crippen molar-refractivity contribution in [3.63, 3.8) is 0 Å². The van der Waals surface area contributed by atoms with E-state index in [0.29, 0.717) is 10.6 Å². The summed E-state index contributed by atoms with van der Waals surface area (Å²) in [5.41, 5.74) is 1.72. The molecule has 1 N–H and O–H groups in total. The number of anilines is 1. The highest BCUT2D eigenvalue weighted by Crippen LogP contribution is 2.32. The van der Waals surface area contributed by atoms with E-state index in [0.717, 1.165) is 9.87 Å². The smallest absolute Gasteiger partial charge is 0.264 e. The number of methoxy groups -OCH3 is 1. The van der Waals surface area contributed by atoms with Crippen LogP contribution in [0.4, 0.5) is 5.69 Å². The van der Waals surface area contributed by atoms with Crippen molar-refractivity contribution in [2.75, 3.05) is 25.0 Å². The maximum atomic E-state index is 14.3. The second kappa shape index (κ2) is 14.0. The molecule has 0 heterocycles. The highest BCUT2D eigenvalue weighted by Gasteiger charge is 2.35. The number of nitrogens with one attached hydrogen (secondary N) is 1. The lowest BCUT2D eigenvalue weighted by Gasteiger charge is -2.34. The van der Waals surface area contributed by atoms with Crippen LogP contribution in [0.25, 0.3) is 0 Å². The number of sulfonamides is 1. The van der Waals surface area contributed by atoms with Crippen LogP contribution in [0, 0.1) is 0 Å². The first kappa shape index (κ1) is 30.6. The number of carbonyl (C=O) groups is 2. The van der Waals surface area contributed by atoms with Crippen molar-refractivity contribution in [3.8, 4) is 5.75 Å². The highest BCUT2D eigenvalue weighted by atomic mass is 35.5. The molecule has 0 aromatic heterocycles. The van der Waals surface area contributed by atoms with Crippen molar-refractivity contribution in [2.45, 2.75) is 23.9 Å². The molecule has 0 fully saturated rings. The third kappa shape index (κ3) is 7.29. The third-order valence-corrected chi connectivity index (χ3v) is 8.73. The van der Waals surface area contributed by atoms with Gasteiger partial charge in [0.1, 0.15) is 18.3 Å². The molecule has 0 saturated heterocycles. The second-order valence-corrected chi connectivity index (χ2v) is 11.8. The van der Waals surface area contributed by atoms with Crippen LogP contribution in [-0.4, -0.2) is 51.9 Å². The maximum absolute atomic E-state index is 14.3. The van der Waals surface area contributed by atoms with Crippen LogP contribution in [0.15, 0.2) is 114 Å². The Morgan fingerprint density at radius 3 is 2.12 bits per heavy atom. The number of para-hydroxylation sites is 2. The molecule has 0 aliphatic carbocycles. The summed E-state index contributed by atoms with van der Waals surface area (Å²) in [6, 6.07) is 29.8. The number of likely N-dealkylation sites (N-methyl/N-ethyl adjacent to an activating group) is 1. The van der Waals surface area contributed by atoms with E-state index in [2.05, 4.69) is 5.32 Å². The summed E-state index contributed by atoms with van der Waals surface area (Å²) in [6.45, 7) is -0.560. The number of rotatable bonds is 12. The number of benzene rings is 4. The van der Waals surface area contributed by atoms with Crippen molar-refractivity contribution >= 4 is 39.1 Å². The molecule has 4 aromatic carbocycles. The minimum atomic E-state index is -4.22. The first-order chi connectivity index (χ1) is 20.2. The molecular formula is C32H32ClN3O5S. The van der Waals surface area contributed by atoms with Gasteiger partial charge in [-0.2, -0.15) is 0 Å². The summed E-state index contributed by atoms with van der Waals surface area (Å²) in [6.07, 6.45) is 0.215. The number of amides is 2. The van der Waals surface area contributed by atoms with Crippen molar-refractivity contribution < 1.29 is 22.7 Å². The largest absolute Gasteiger partial charge is 0.495 e. The van der Waals surface area contributed by atoms with Crippen LogP contribution in [0.1, 0.15) is 11.1 Å². The molecule has 0 spiro atoms. The van der Waals surface area contributed by atoms with E-state index in [1.807, 2.05) is 30.3 Å². The predicted molar refractivity (Wildman–Crippen MR) is 164 cm³/mol. The summed E-state index contributed by atoms with van der Waals surface area (Å²) in [7, 11) is -1.29. The van der Waals surface area contributed by atoms with Gasteiger partial charge in [-0.25, -0.2) is 8.42 Å². The van der Waals surface area contributed by atoms with Crippen molar-refractivity contribution in [3.05, 3.63) is 125 Å². The normalized spacial score (nSPS) is 11.8. The van der Waals surface area contributed by atoms with Gasteiger partial charge in [-0.15, -0.1) is 0 Å². The molecule has 0 aliphatic heterocycles. The molecular weight excluding hydrogens is 574 g/mol.